The topological polar surface area (TPSA) is 88.8 Å². The van der Waals surface area contributed by atoms with Crippen LogP contribution in [0, 0.1) is 0 Å². The zero-order chi connectivity index (χ0) is 18.4. The van der Waals surface area contributed by atoms with Gasteiger partial charge in [-0.2, -0.15) is 14.8 Å². The van der Waals surface area contributed by atoms with Crippen LogP contribution in [-0.2, 0) is 4.79 Å². The van der Waals surface area contributed by atoms with E-state index in [4.69, 9.17) is 4.98 Å². The van der Waals surface area contributed by atoms with Gasteiger partial charge >= 0.3 is 0 Å². The Morgan fingerprint density at radius 2 is 2.07 bits per heavy atom. The van der Waals surface area contributed by atoms with Gasteiger partial charge in [-0.1, -0.05) is 37.3 Å². The van der Waals surface area contributed by atoms with Crippen LogP contribution in [0.4, 0.5) is 11.5 Å². The van der Waals surface area contributed by atoms with Crippen molar-refractivity contribution in [1.29, 1.82) is 0 Å². The number of fused-ring (bicyclic) bond motifs is 3. The Labute approximate surface area is 156 Å². The lowest BCUT2D eigenvalue weighted by Crippen LogP contribution is -2.56. The van der Waals surface area contributed by atoms with Gasteiger partial charge in [0.15, 0.2) is 11.6 Å². The molecular weight excluding hydrogens is 342 g/mol. The third-order valence-electron chi connectivity index (χ3n) is 5.53. The Kier molecular flexibility index (Phi) is 3.46. The van der Waals surface area contributed by atoms with Gasteiger partial charge < -0.3 is 10.2 Å². The molecule has 4 heterocycles. The van der Waals surface area contributed by atoms with E-state index in [0.717, 1.165) is 37.2 Å². The van der Waals surface area contributed by atoms with E-state index in [1.807, 2.05) is 30.3 Å². The van der Waals surface area contributed by atoms with Crippen molar-refractivity contribution in [2.24, 2.45) is 0 Å². The second kappa shape index (κ2) is 5.87. The summed E-state index contributed by atoms with van der Waals surface area (Å²) in [7, 11) is 0. The predicted octanol–water partition coefficient (Wildman–Crippen LogP) is 2.43. The number of nitrogens with zero attached hydrogens (tertiary/aromatic N) is 6. The highest BCUT2D eigenvalue weighted by Gasteiger charge is 2.50. The van der Waals surface area contributed by atoms with Crippen molar-refractivity contribution in [2.75, 3.05) is 16.8 Å². The molecule has 2 aromatic heterocycles. The van der Waals surface area contributed by atoms with Crippen LogP contribution in [0.1, 0.15) is 26.2 Å². The molecule has 0 bridgehead atoms. The van der Waals surface area contributed by atoms with E-state index >= 15 is 0 Å². The van der Waals surface area contributed by atoms with Gasteiger partial charge in [0.2, 0.25) is 5.91 Å². The van der Waals surface area contributed by atoms with Crippen LogP contribution < -0.4 is 10.2 Å². The number of carbonyl (C=O) groups is 1. The minimum atomic E-state index is -0.511. The second-order valence-electron chi connectivity index (χ2n) is 6.86. The van der Waals surface area contributed by atoms with E-state index in [0.29, 0.717) is 17.5 Å². The number of aromatic nitrogens is 5. The quantitative estimate of drug-likeness (QED) is 0.771. The van der Waals surface area contributed by atoms with Gasteiger partial charge in [-0.25, -0.2) is 9.97 Å². The highest BCUT2D eigenvalue weighted by atomic mass is 16.2. The van der Waals surface area contributed by atoms with Crippen LogP contribution in [0.2, 0.25) is 0 Å². The van der Waals surface area contributed by atoms with E-state index < -0.39 is 5.54 Å². The summed E-state index contributed by atoms with van der Waals surface area (Å²) >= 11 is 0. The Hall–Kier alpha value is -3.29. The van der Waals surface area contributed by atoms with Gasteiger partial charge in [-0.15, -0.1) is 0 Å². The molecule has 2 aliphatic heterocycles. The molecule has 0 radical (unpaired) electrons. The average Bonchev–Trinajstić information content (AvgIpc) is 3.37. The Morgan fingerprint density at radius 3 is 2.89 bits per heavy atom. The molecule has 1 unspecified atom stereocenters. The number of anilines is 2. The first-order valence-electron chi connectivity index (χ1n) is 9.15. The summed E-state index contributed by atoms with van der Waals surface area (Å²) in [6, 6.07) is 9.82. The fourth-order valence-electron chi connectivity index (χ4n) is 4.12. The summed E-state index contributed by atoms with van der Waals surface area (Å²) in [5, 5.41) is 7.32. The Bertz CT molecular complexity index is 1020. The van der Waals surface area contributed by atoms with Crippen LogP contribution in [0.5, 0.6) is 0 Å². The minimum absolute atomic E-state index is 0.0390. The zero-order valence-corrected chi connectivity index (χ0v) is 15.0. The fraction of sp³-hybridized carbons (Fsp3) is 0.316. The second-order valence-corrected chi connectivity index (χ2v) is 6.86. The van der Waals surface area contributed by atoms with Crippen LogP contribution in [0.15, 0.2) is 42.9 Å². The van der Waals surface area contributed by atoms with Gasteiger partial charge in [0.05, 0.1) is 6.20 Å². The molecule has 0 spiro atoms. The summed E-state index contributed by atoms with van der Waals surface area (Å²) in [4.78, 5) is 28.4. The average molecular weight is 361 g/mol. The molecule has 27 heavy (non-hydrogen) atoms. The van der Waals surface area contributed by atoms with Crippen LogP contribution >= 0.6 is 0 Å². The predicted molar refractivity (Wildman–Crippen MR) is 101 cm³/mol. The van der Waals surface area contributed by atoms with Crippen LogP contribution in [0.3, 0.4) is 0 Å². The number of benzene rings is 1. The maximum absolute atomic E-state index is 12.7. The molecule has 1 atom stereocenters. The molecule has 1 aromatic carbocycles. The van der Waals surface area contributed by atoms with Gasteiger partial charge in [-0.3, -0.25) is 4.79 Å². The van der Waals surface area contributed by atoms with E-state index in [-0.39, 0.29) is 5.91 Å². The number of hydrogen-bond donors (Lipinski definition) is 1. The van der Waals surface area contributed by atoms with E-state index in [1.54, 1.807) is 10.9 Å². The summed E-state index contributed by atoms with van der Waals surface area (Å²) in [5.41, 5.74) is 1.08. The molecule has 0 aliphatic carbocycles. The summed E-state index contributed by atoms with van der Waals surface area (Å²) < 4.78 is 1.63. The third kappa shape index (κ3) is 2.26. The standard InChI is InChI=1S/C19H19N7O/c1-2-19-9-6-10-25(19)16-14(23-17(19)27)11-20-18(24-16)26-15(21-12-22-26)13-7-4-3-5-8-13/h3-5,7-8,11-12H,2,6,9-10H2,1H3,(H,23,27). The van der Waals surface area contributed by atoms with Crippen molar-refractivity contribution < 1.29 is 4.79 Å². The number of amides is 1. The first-order valence-corrected chi connectivity index (χ1v) is 9.15. The number of nitrogens with one attached hydrogen (secondary N) is 1. The molecule has 1 fully saturated rings. The molecule has 8 heteroatoms. The number of rotatable bonds is 3. The normalized spacial score (nSPS) is 20.9. The molecule has 1 saturated heterocycles. The maximum Gasteiger partial charge on any atom is 0.254 e. The van der Waals surface area contributed by atoms with E-state index in [1.165, 1.54) is 6.33 Å². The van der Waals surface area contributed by atoms with Crippen molar-refractivity contribution >= 4 is 17.4 Å². The first-order chi connectivity index (χ1) is 13.2. The van der Waals surface area contributed by atoms with Crippen LogP contribution in [0.25, 0.3) is 17.3 Å². The van der Waals surface area contributed by atoms with Crippen molar-refractivity contribution in [3.8, 4) is 17.3 Å². The molecule has 136 valence electrons. The molecule has 0 saturated carbocycles. The Balaban J connectivity index is 1.62. The van der Waals surface area contributed by atoms with Crippen molar-refractivity contribution in [2.45, 2.75) is 31.7 Å². The maximum atomic E-state index is 12.7. The lowest BCUT2D eigenvalue weighted by atomic mass is 9.90. The fourth-order valence-corrected chi connectivity index (χ4v) is 4.12. The number of hydrogen-bond acceptors (Lipinski definition) is 6. The lowest BCUT2D eigenvalue weighted by molar-refractivity contribution is -0.121. The van der Waals surface area contributed by atoms with Crippen molar-refractivity contribution in [3.63, 3.8) is 0 Å². The SMILES string of the molecule is CCC12CCCN1c1nc(-n3ncnc3-c3ccccc3)ncc1NC2=O. The molecule has 2 aliphatic rings. The molecule has 3 aromatic rings. The summed E-state index contributed by atoms with van der Waals surface area (Å²) in [6.07, 6.45) is 5.71. The smallest absolute Gasteiger partial charge is 0.254 e. The van der Waals surface area contributed by atoms with Gasteiger partial charge in [0.25, 0.3) is 5.95 Å². The highest BCUT2D eigenvalue weighted by molar-refractivity contribution is 6.06. The molecule has 5 rings (SSSR count). The van der Waals surface area contributed by atoms with Gasteiger partial charge in [0.1, 0.15) is 17.6 Å². The lowest BCUT2D eigenvalue weighted by Gasteiger charge is -2.41. The number of carbonyl (C=O) groups excluding carboxylic acids is 1. The van der Waals surface area contributed by atoms with Crippen LogP contribution in [-0.4, -0.2) is 42.7 Å². The van der Waals surface area contributed by atoms with E-state index in [9.17, 15) is 4.79 Å². The van der Waals surface area contributed by atoms with Gasteiger partial charge in [0, 0.05) is 12.1 Å². The minimum Gasteiger partial charge on any atom is -0.340 e. The zero-order valence-electron chi connectivity index (χ0n) is 15.0. The molecule has 1 amide bonds. The molecule has 8 nitrogen and oxygen atoms in total. The largest absolute Gasteiger partial charge is 0.340 e. The monoisotopic (exact) mass is 361 g/mol. The summed E-state index contributed by atoms with van der Waals surface area (Å²) in [5.74, 6) is 1.92. The Morgan fingerprint density at radius 1 is 1.22 bits per heavy atom. The summed E-state index contributed by atoms with van der Waals surface area (Å²) in [6.45, 7) is 2.86. The highest BCUT2D eigenvalue weighted by Crippen LogP contribution is 2.43. The van der Waals surface area contributed by atoms with Crippen molar-refractivity contribution in [1.82, 2.24) is 24.7 Å². The van der Waals surface area contributed by atoms with E-state index in [2.05, 4.69) is 32.2 Å². The van der Waals surface area contributed by atoms with Gasteiger partial charge in [-0.05, 0) is 19.3 Å². The third-order valence-corrected chi connectivity index (χ3v) is 5.53. The molecule has 1 N–H and O–H groups in total. The van der Waals surface area contributed by atoms with Crippen molar-refractivity contribution in [3.05, 3.63) is 42.9 Å². The first kappa shape index (κ1) is 15.9. The molecular formula is C19H19N7O.